The molecule has 0 saturated carbocycles. The Bertz CT molecular complexity index is 183. The zero-order chi connectivity index (χ0) is 12.9. The van der Waals surface area contributed by atoms with Gasteiger partial charge in [-0.1, -0.05) is 51.9 Å². The van der Waals surface area contributed by atoms with Crippen molar-refractivity contribution in [1.82, 2.24) is 0 Å². The summed E-state index contributed by atoms with van der Waals surface area (Å²) in [6.07, 6.45) is 10.3. The Morgan fingerprint density at radius 2 is 1.65 bits per heavy atom. The van der Waals surface area contributed by atoms with Crippen LogP contribution in [0.25, 0.3) is 0 Å². The smallest absolute Gasteiger partial charge is 0.307 e. The van der Waals surface area contributed by atoms with Crippen LogP contribution >= 0.6 is 0 Å². The highest BCUT2D eigenvalue weighted by molar-refractivity contribution is 5.70. The van der Waals surface area contributed by atoms with Gasteiger partial charge in [0.15, 0.2) is 0 Å². The number of carbonyl (C=O) groups is 1. The molecule has 0 radical (unpaired) electrons. The third-order valence-electron chi connectivity index (χ3n) is 2.91. The van der Waals surface area contributed by atoms with Crippen molar-refractivity contribution in [1.29, 1.82) is 0 Å². The topological polar surface area (TPSA) is 52.3 Å². The van der Waals surface area contributed by atoms with E-state index in [0.717, 1.165) is 12.8 Å². The second kappa shape index (κ2) is 11.9. The van der Waals surface area contributed by atoms with E-state index in [1.54, 1.807) is 0 Å². The number of hydrogen-bond donors (Lipinski definition) is 1. The van der Waals surface area contributed by atoms with Crippen LogP contribution in [0, 0.1) is 0 Å². The lowest BCUT2D eigenvalue weighted by atomic mass is 10.0. The fourth-order valence-corrected chi connectivity index (χ4v) is 1.90. The van der Waals surface area contributed by atoms with Gasteiger partial charge >= 0.3 is 5.97 Å². The maximum absolute atomic E-state index is 11.2. The Hall–Kier alpha value is -0.570. The minimum absolute atomic E-state index is 0.0234. The van der Waals surface area contributed by atoms with Gasteiger partial charge in [-0.05, 0) is 13.3 Å². The van der Waals surface area contributed by atoms with Crippen LogP contribution in [-0.4, -0.2) is 18.6 Å². The monoisotopic (exact) mass is 243 g/mol. The molecule has 3 nitrogen and oxygen atoms in total. The Balaban J connectivity index is 3.27. The van der Waals surface area contributed by atoms with Crippen LogP contribution < -0.4 is 5.73 Å². The van der Waals surface area contributed by atoms with Crippen molar-refractivity contribution in [2.45, 2.75) is 77.7 Å². The summed E-state index contributed by atoms with van der Waals surface area (Å²) in [6.45, 7) is 4.50. The van der Waals surface area contributed by atoms with Gasteiger partial charge in [-0.25, -0.2) is 0 Å². The molecular formula is C14H29NO2. The molecule has 0 aliphatic rings. The van der Waals surface area contributed by atoms with E-state index >= 15 is 0 Å². The molecule has 17 heavy (non-hydrogen) atoms. The normalized spacial score (nSPS) is 12.4. The Morgan fingerprint density at radius 3 is 2.24 bits per heavy atom. The van der Waals surface area contributed by atoms with E-state index in [4.69, 9.17) is 10.5 Å². The van der Waals surface area contributed by atoms with Gasteiger partial charge in [-0.15, -0.1) is 0 Å². The zero-order valence-electron chi connectivity index (χ0n) is 11.5. The number of esters is 1. The van der Waals surface area contributed by atoms with Gasteiger partial charge in [0.2, 0.25) is 0 Å². The van der Waals surface area contributed by atoms with Crippen LogP contribution in [-0.2, 0) is 9.53 Å². The Morgan fingerprint density at radius 1 is 1.06 bits per heavy atom. The summed E-state index contributed by atoms with van der Waals surface area (Å²) in [5.74, 6) is -0.164. The number of ether oxygens (including phenoxy) is 1. The van der Waals surface area contributed by atoms with E-state index in [-0.39, 0.29) is 12.0 Å². The molecule has 0 aromatic rings. The number of hydrogen-bond acceptors (Lipinski definition) is 3. The predicted molar refractivity (Wildman–Crippen MR) is 71.8 cm³/mol. The van der Waals surface area contributed by atoms with Crippen molar-refractivity contribution >= 4 is 5.97 Å². The average Bonchev–Trinajstić information content (AvgIpc) is 2.28. The van der Waals surface area contributed by atoms with Gasteiger partial charge in [-0.3, -0.25) is 4.79 Å². The van der Waals surface area contributed by atoms with Gasteiger partial charge in [0, 0.05) is 6.04 Å². The van der Waals surface area contributed by atoms with Crippen LogP contribution in [0.5, 0.6) is 0 Å². The fraction of sp³-hybridized carbons (Fsp3) is 0.929. The quantitative estimate of drug-likeness (QED) is 0.447. The molecule has 0 saturated heterocycles. The summed E-state index contributed by atoms with van der Waals surface area (Å²) in [5, 5.41) is 0. The summed E-state index contributed by atoms with van der Waals surface area (Å²) in [7, 11) is 0. The molecule has 0 aromatic carbocycles. The Kier molecular flexibility index (Phi) is 11.5. The van der Waals surface area contributed by atoms with Crippen molar-refractivity contribution in [3.8, 4) is 0 Å². The minimum Gasteiger partial charge on any atom is -0.466 e. The lowest BCUT2D eigenvalue weighted by Gasteiger charge is -2.10. The van der Waals surface area contributed by atoms with Crippen molar-refractivity contribution in [3.63, 3.8) is 0 Å². The van der Waals surface area contributed by atoms with E-state index < -0.39 is 0 Å². The standard InChI is InChI=1S/C14H29NO2/c1-3-5-6-7-8-9-10-11-13(15)12-14(16)17-4-2/h13H,3-12,15H2,1-2H3. The molecule has 0 fully saturated rings. The fourth-order valence-electron chi connectivity index (χ4n) is 1.90. The number of rotatable bonds is 11. The Labute approximate surface area is 106 Å². The summed E-state index contributed by atoms with van der Waals surface area (Å²) in [5.41, 5.74) is 5.87. The lowest BCUT2D eigenvalue weighted by molar-refractivity contribution is -0.143. The molecule has 0 spiro atoms. The van der Waals surface area contributed by atoms with Gasteiger partial charge < -0.3 is 10.5 Å². The third-order valence-corrected chi connectivity index (χ3v) is 2.91. The second-order valence-corrected chi connectivity index (χ2v) is 4.68. The van der Waals surface area contributed by atoms with Crippen molar-refractivity contribution < 1.29 is 9.53 Å². The molecule has 0 rings (SSSR count). The molecule has 0 aliphatic carbocycles. The third kappa shape index (κ3) is 11.7. The van der Waals surface area contributed by atoms with Gasteiger partial charge in [0.25, 0.3) is 0 Å². The maximum Gasteiger partial charge on any atom is 0.307 e. The van der Waals surface area contributed by atoms with Crippen LogP contribution in [0.1, 0.15) is 71.6 Å². The molecule has 3 heteroatoms. The second-order valence-electron chi connectivity index (χ2n) is 4.68. The molecule has 0 heterocycles. The molecule has 2 N–H and O–H groups in total. The first kappa shape index (κ1) is 16.4. The lowest BCUT2D eigenvalue weighted by Crippen LogP contribution is -2.24. The minimum atomic E-state index is -0.164. The number of nitrogens with two attached hydrogens (primary N) is 1. The SMILES string of the molecule is CCCCCCCCCC(N)CC(=O)OCC. The average molecular weight is 243 g/mol. The van der Waals surface area contributed by atoms with Gasteiger partial charge in [0.05, 0.1) is 13.0 Å². The van der Waals surface area contributed by atoms with Crippen molar-refractivity contribution in [2.24, 2.45) is 5.73 Å². The maximum atomic E-state index is 11.2. The van der Waals surface area contributed by atoms with Crippen LogP contribution in [0.2, 0.25) is 0 Å². The van der Waals surface area contributed by atoms with E-state index in [1.807, 2.05) is 6.92 Å². The summed E-state index contributed by atoms with van der Waals surface area (Å²) >= 11 is 0. The largest absolute Gasteiger partial charge is 0.466 e. The molecule has 1 atom stereocenters. The van der Waals surface area contributed by atoms with E-state index in [9.17, 15) is 4.79 Å². The van der Waals surface area contributed by atoms with Gasteiger partial charge in [0.1, 0.15) is 0 Å². The molecule has 0 aliphatic heterocycles. The summed E-state index contributed by atoms with van der Waals surface area (Å²) in [4.78, 5) is 11.2. The molecule has 0 amide bonds. The van der Waals surface area contributed by atoms with Crippen molar-refractivity contribution in [3.05, 3.63) is 0 Å². The highest BCUT2D eigenvalue weighted by Gasteiger charge is 2.09. The highest BCUT2D eigenvalue weighted by atomic mass is 16.5. The zero-order valence-corrected chi connectivity index (χ0v) is 11.5. The number of carbonyl (C=O) groups excluding carboxylic acids is 1. The van der Waals surface area contributed by atoms with E-state index in [0.29, 0.717) is 13.0 Å². The van der Waals surface area contributed by atoms with E-state index in [2.05, 4.69) is 6.92 Å². The van der Waals surface area contributed by atoms with Crippen LogP contribution in [0.15, 0.2) is 0 Å². The van der Waals surface area contributed by atoms with E-state index in [1.165, 1.54) is 38.5 Å². The van der Waals surface area contributed by atoms with Crippen molar-refractivity contribution in [2.75, 3.05) is 6.61 Å². The first-order valence-corrected chi connectivity index (χ1v) is 7.11. The first-order valence-electron chi connectivity index (χ1n) is 7.11. The molecule has 102 valence electrons. The number of unbranched alkanes of at least 4 members (excludes halogenated alkanes) is 6. The highest BCUT2D eigenvalue weighted by Crippen LogP contribution is 2.10. The van der Waals surface area contributed by atoms with Gasteiger partial charge in [-0.2, -0.15) is 0 Å². The van der Waals surface area contributed by atoms with Crippen LogP contribution in [0.4, 0.5) is 0 Å². The molecule has 0 aromatic heterocycles. The molecule has 0 bridgehead atoms. The van der Waals surface area contributed by atoms with Crippen LogP contribution in [0.3, 0.4) is 0 Å². The summed E-state index contributed by atoms with van der Waals surface area (Å²) < 4.78 is 4.87. The molecule has 1 unspecified atom stereocenters. The predicted octanol–water partition coefficient (Wildman–Crippen LogP) is 3.41. The summed E-state index contributed by atoms with van der Waals surface area (Å²) in [6, 6.07) is -0.0234. The molecular weight excluding hydrogens is 214 g/mol. The first-order chi connectivity index (χ1) is 8.20.